The highest BCUT2D eigenvalue weighted by molar-refractivity contribution is 8.00. The molecule has 0 radical (unpaired) electrons. The van der Waals surface area contributed by atoms with Crippen molar-refractivity contribution >= 4 is 29.4 Å². The predicted octanol–water partition coefficient (Wildman–Crippen LogP) is 4.30. The topological polar surface area (TPSA) is 70.2 Å². The summed E-state index contributed by atoms with van der Waals surface area (Å²) in [5, 5.41) is 6.74. The maximum Gasteiger partial charge on any atom is 0.230 e. The van der Waals surface area contributed by atoms with Crippen molar-refractivity contribution in [3.8, 4) is 0 Å². The molecule has 0 bridgehead atoms. The third-order valence-electron chi connectivity index (χ3n) is 6.47. The molecule has 2 aliphatic rings. The summed E-state index contributed by atoms with van der Waals surface area (Å²) >= 11 is 1.59. The lowest BCUT2D eigenvalue weighted by atomic mass is 9.86. The Morgan fingerprint density at radius 1 is 1.06 bits per heavy atom. The number of aryl methyl sites for hydroxylation is 1. The maximum atomic E-state index is 12.2. The monoisotopic (exact) mass is 453 g/mol. The summed E-state index contributed by atoms with van der Waals surface area (Å²) in [6, 6.07) is 10.5. The van der Waals surface area contributed by atoms with E-state index >= 15 is 0 Å². The fourth-order valence-corrected chi connectivity index (χ4v) is 5.43. The molecule has 172 valence electrons. The van der Waals surface area contributed by atoms with Crippen LogP contribution in [0.2, 0.25) is 0 Å². The molecule has 0 saturated heterocycles. The first-order chi connectivity index (χ1) is 15.6. The number of carbonyl (C=O) groups excluding carboxylic acids is 1. The first kappa shape index (κ1) is 22.9. The number of hydrogen-bond acceptors (Lipinski definition) is 6. The Morgan fingerprint density at radius 3 is 2.56 bits per heavy atom. The fraction of sp³-hybridized carbons (Fsp3) is 0.560. The number of aromatic nitrogens is 2. The molecule has 0 atom stereocenters. The highest BCUT2D eigenvalue weighted by Crippen LogP contribution is 2.30. The quantitative estimate of drug-likeness (QED) is 0.581. The van der Waals surface area contributed by atoms with Crippen molar-refractivity contribution in [3.05, 3.63) is 41.6 Å². The van der Waals surface area contributed by atoms with Crippen LogP contribution in [0, 0.1) is 5.92 Å². The molecule has 1 heterocycles. The van der Waals surface area contributed by atoms with Gasteiger partial charge in [-0.25, -0.2) is 4.98 Å². The van der Waals surface area contributed by atoms with Gasteiger partial charge in [0.2, 0.25) is 11.9 Å². The summed E-state index contributed by atoms with van der Waals surface area (Å²) in [4.78, 5) is 25.2. The van der Waals surface area contributed by atoms with E-state index in [0.717, 1.165) is 61.7 Å². The van der Waals surface area contributed by atoms with Gasteiger partial charge >= 0.3 is 0 Å². The van der Waals surface area contributed by atoms with Crippen molar-refractivity contribution in [1.29, 1.82) is 0 Å². The fourth-order valence-electron chi connectivity index (χ4n) is 4.68. The minimum Gasteiger partial charge on any atom is -0.362 e. The molecule has 4 rings (SSSR count). The average Bonchev–Trinajstić information content (AvgIpc) is 2.82. The van der Waals surface area contributed by atoms with Gasteiger partial charge in [0.25, 0.3) is 0 Å². The van der Waals surface area contributed by atoms with Crippen molar-refractivity contribution in [2.75, 3.05) is 36.6 Å². The Morgan fingerprint density at radius 2 is 1.81 bits per heavy atom. The van der Waals surface area contributed by atoms with Crippen molar-refractivity contribution in [2.45, 2.75) is 62.3 Å². The standard InChI is InChI=1S/C25H35N5OS/c1-30(2)24-21-10-6-7-11-22(21)28-25(29-24)27-19-14-12-18(13-15-19)16-26-23(31)17-32-20-8-4-3-5-9-20/h3-5,8-9,18-19H,6-7,10-17H2,1-2H3,(H,26,31)(H,27,28,29). The number of amides is 1. The molecule has 1 saturated carbocycles. The molecule has 2 N–H and O–H groups in total. The van der Waals surface area contributed by atoms with Crippen LogP contribution in [0.25, 0.3) is 0 Å². The van der Waals surface area contributed by atoms with Gasteiger partial charge in [-0.2, -0.15) is 4.98 Å². The summed E-state index contributed by atoms with van der Waals surface area (Å²) in [7, 11) is 4.14. The molecule has 6 nitrogen and oxygen atoms in total. The maximum absolute atomic E-state index is 12.2. The first-order valence-corrected chi connectivity index (χ1v) is 12.8. The number of hydrogen-bond donors (Lipinski definition) is 2. The number of rotatable bonds is 8. The van der Waals surface area contributed by atoms with Crippen molar-refractivity contribution in [2.24, 2.45) is 5.92 Å². The summed E-state index contributed by atoms with van der Waals surface area (Å²) in [6.07, 6.45) is 9.03. The van der Waals surface area contributed by atoms with E-state index in [9.17, 15) is 4.79 Å². The molecule has 1 fully saturated rings. The average molecular weight is 454 g/mol. The normalized spacial score (nSPS) is 20.3. The second kappa shape index (κ2) is 11.0. The van der Waals surface area contributed by atoms with Gasteiger partial charge in [-0.3, -0.25) is 4.79 Å². The molecule has 2 aromatic rings. The number of thioether (sulfide) groups is 1. The lowest BCUT2D eigenvalue weighted by molar-refractivity contribution is -0.118. The van der Waals surface area contributed by atoms with Crippen LogP contribution in [0.3, 0.4) is 0 Å². The van der Waals surface area contributed by atoms with E-state index in [-0.39, 0.29) is 5.91 Å². The van der Waals surface area contributed by atoms with E-state index in [0.29, 0.717) is 17.7 Å². The smallest absolute Gasteiger partial charge is 0.230 e. The molecular weight excluding hydrogens is 418 g/mol. The van der Waals surface area contributed by atoms with Gasteiger partial charge in [-0.15, -0.1) is 11.8 Å². The van der Waals surface area contributed by atoms with Crippen LogP contribution in [0.4, 0.5) is 11.8 Å². The van der Waals surface area contributed by atoms with Gasteiger partial charge in [0, 0.05) is 37.1 Å². The summed E-state index contributed by atoms with van der Waals surface area (Å²) < 4.78 is 0. The van der Waals surface area contributed by atoms with E-state index in [4.69, 9.17) is 9.97 Å². The largest absolute Gasteiger partial charge is 0.362 e. The van der Waals surface area contributed by atoms with E-state index < -0.39 is 0 Å². The number of carbonyl (C=O) groups is 1. The minimum atomic E-state index is 0.123. The van der Waals surface area contributed by atoms with Gasteiger partial charge in [-0.1, -0.05) is 18.2 Å². The molecule has 7 heteroatoms. The Balaban J connectivity index is 1.22. The Labute approximate surface area is 196 Å². The van der Waals surface area contributed by atoms with E-state index in [1.807, 2.05) is 30.3 Å². The van der Waals surface area contributed by atoms with Crippen LogP contribution in [-0.4, -0.2) is 48.3 Å². The zero-order valence-electron chi connectivity index (χ0n) is 19.3. The minimum absolute atomic E-state index is 0.123. The highest BCUT2D eigenvalue weighted by atomic mass is 32.2. The molecular formula is C25H35N5OS. The van der Waals surface area contributed by atoms with Gasteiger partial charge in [0.15, 0.2) is 0 Å². The Kier molecular flexibility index (Phi) is 7.90. The molecule has 0 spiro atoms. The molecule has 1 amide bonds. The van der Waals surface area contributed by atoms with Gasteiger partial charge in [0.05, 0.1) is 11.4 Å². The Bertz CT molecular complexity index is 897. The number of benzene rings is 1. The zero-order valence-corrected chi connectivity index (χ0v) is 20.1. The van der Waals surface area contributed by atoms with Gasteiger partial charge < -0.3 is 15.5 Å². The lowest BCUT2D eigenvalue weighted by Crippen LogP contribution is -2.35. The van der Waals surface area contributed by atoms with Crippen LogP contribution in [0.15, 0.2) is 35.2 Å². The van der Waals surface area contributed by atoms with Crippen LogP contribution < -0.4 is 15.5 Å². The lowest BCUT2D eigenvalue weighted by Gasteiger charge is -2.30. The summed E-state index contributed by atoms with van der Waals surface area (Å²) in [5.74, 6) is 3.01. The number of anilines is 2. The third-order valence-corrected chi connectivity index (χ3v) is 7.48. The van der Waals surface area contributed by atoms with Gasteiger partial charge in [0.1, 0.15) is 5.82 Å². The number of nitrogens with zero attached hydrogens (tertiary/aromatic N) is 3. The molecule has 2 aliphatic carbocycles. The molecule has 32 heavy (non-hydrogen) atoms. The van der Waals surface area contributed by atoms with Crippen molar-refractivity contribution in [3.63, 3.8) is 0 Å². The van der Waals surface area contributed by atoms with E-state index in [1.165, 1.54) is 24.1 Å². The van der Waals surface area contributed by atoms with E-state index in [2.05, 4.69) is 29.6 Å². The van der Waals surface area contributed by atoms with E-state index in [1.54, 1.807) is 11.8 Å². The Hall–Kier alpha value is -2.28. The van der Waals surface area contributed by atoms with Crippen LogP contribution in [-0.2, 0) is 17.6 Å². The zero-order chi connectivity index (χ0) is 22.3. The number of nitrogens with one attached hydrogen (secondary N) is 2. The van der Waals surface area contributed by atoms with Gasteiger partial charge in [-0.05, 0) is 69.4 Å². The SMILES string of the molecule is CN(C)c1nc(NC2CCC(CNC(=O)CSc3ccccc3)CC2)nc2c1CCCC2. The molecule has 1 aromatic heterocycles. The first-order valence-electron chi connectivity index (χ1n) is 11.9. The second-order valence-electron chi connectivity index (χ2n) is 9.17. The molecule has 0 aliphatic heterocycles. The molecule has 0 unspecified atom stereocenters. The van der Waals surface area contributed by atoms with Crippen molar-refractivity contribution < 1.29 is 4.79 Å². The van der Waals surface area contributed by atoms with Crippen LogP contribution in [0.1, 0.15) is 49.8 Å². The van der Waals surface area contributed by atoms with Crippen LogP contribution >= 0.6 is 11.8 Å². The second-order valence-corrected chi connectivity index (χ2v) is 10.2. The summed E-state index contributed by atoms with van der Waals surface area (Å²) in [5.41, 5.74) is 2.55. The predicted molar refractivity (Wildman–Crippen MR) is 133 cm³/mol. The summed E-state index contributed by atoms with van der Waals surface area (Å²) in [6.45, 7) is 0.779. The highest BCUT2D eigenvalue weighted by Gasteiger charge is 2.24. The molecule has 1 aromatic carbocycles. The number of fused-ring (bicyclic) bond motifs is 1. The van der Waals surface area contributed by atoms with Crippen molar-refractivity contribution in [1.82, 2.24) is 15.3 Å². The third kappa shape index (κ3) is 6.15. The van der Waals surface area contributed by atoms with Crippen LogP contribution in [0.5, 0.6) is 0 Å².